The van der Waals surface area contributed by atoms with Crippen molar-refractivity contribution in [1.82, 2.24) is 15.6 Å². The third-order valence-corrected chi connectivity index (χ3v) is 6.61. The predicted octanol–water partition coefficient (Wildman–Crippen LogP) is 2.36. The zero-order valence-corrected chi connectivity index (χ0v) is 17.7. The number of benzene rings is 1. The summed E-state index contributed by atoms with van der Waals surface area (Å²) in [6.07, 6.45) is 3.69. The largest absolute Gasteiger partial charge is 0.348 e. The molecule has 0 aliphatic heterocycles. The van der Waals surface area contributed by atoms with Crippen LogP contribution in [-0.4, -0.2) is 38.3 Å². The Hall–Kier alpha value is -2.74. The monoisotopic (exact) mass is 417 g/mol. The number of carbonyl (C=O) groups is 2. The van der Waals surface area contributed by atoms with E-state index in [-0.39, 0.29) is 17.4 Å². The van der Waals surface area contributed by atoms with E-state index in [2.05, 4.69) is 15.6 Å². The molecule has 2 N–H and O–H groups in total. The van der Waals surface area contributed by atoms with Crippen LogP contribution in [0.4, 0.5) is 0 Å². The highest BCUT2D eigenvalue weighted by Crippen LogP contribution is 2.29. The highest BCUT2D eigenvalue weighted by Gasteiger charge is 2.30. The fraction of sp³-hybridized carbons (Fsp3) is 0.381. The van der Waals surface area contributed by atoms with Gasteiger partial charge in [0.25, 0.3) is 0 Å². The number of carbonyl (C=O) groups excluding carboxylic acids is 2. The van der Waals surface area contributed by atoms with Gasteiger partial charge < -0.3 is 10.6 Å². The number of pyridine rings is 1. The molecule has 0 aliphatic rings. The summed E-state index contributed by atoms with van der Waals surface area (Å²) in [5.74, 6) is -1.37. The van der Waals surface area contributed by atoms with Crippen molar-refractivity contribution < 1.29 is 18.0 Å². The number of nitrogens with zero attached hydrogens (tertiary/aromatic N) is 1. The molecule has 156 valence electrons. The van der Waals surface area contributed by atoms with Crippen LogP contribution < -0.4 is 10.6 Å². The van der Waals surface area contributed by atoms with Gasteiger partial charge in [-0.25, -0.2) is 8.42 Å². The normalized spacial score (nSPS) is 12.4. The third kappa shape index (κ3) is 5.87. The Bertz CT molecular complexity index is 926. The molecule has 2 rings (SSSR count). The number of sulfone groups is 1. The molecule has 0 bridgehead atoms. The summed E-state index contributed by atoms with van der Waals surface area (Å²) in [6, 6.07) is 9.99. The summed E-state index contributed by atoms with van der Waals surface area (Å²) in [5, 5.41) is 3.84. The number of rotatable bonds is 8. The van der Waals surface area contributed by atoms with Gasteiger partial charge >= 0.3 is 11.8 Å². The summed E-state index contributed by atoms with van der Waals surface area (Å²) in [7, 11) is -3.82. The summed E-state index contributed by atoms with van der Waals surface area (Å²) in [5.41, 5.74) is 1.47. The van der Waals surface area contributed by atoms with Gasteiger partial charge in [-0.3, -0.25) is 14.6 Å². The molecule has 2 aromatic rings. The number of hydrogen-bond acceptors (Lipinski definition) is 5. The highest BCUT2D eigenvalue weighted by atomic mass is 32.2. The van der Waals surface area contributed by atoms with E-state index in [1.807, 2.05) is 20.8 Å². The summed E-state index contributed by atoms with van der Waals surface area (Å²) >= 11 is 0. The first-order valence-corrected chi connectivity index (χ1v) is 11.1. The van der Waals surface area contributed by atoms with Crippen molar-refractivity contribution in [2.45, 2.75) is 43.3 Å². The van der Waals surface area contributed by atoms with Crippen LogP contribution >= 0.6 is 0 Å². The van der Waals surface area contributed by atoms with Gasteiger partial charge in [0.15, 0.2) is 9.84 Å². The van der Waals surface area contributed by atoms with Crippen molar-refractivity contribution in [3.05, 3.63) is 59.9 Å². The van der Waals surface area contributed by atoms with E-state index in [1.165, 1.54) is 6.20 Å². The molecule has 0 radical (unpaired) electrons. The maximum absolute atomic E-state index is 13.3. The Morgan fingerprint density at radius 2 is 1.66 bits per heavy atom. The summed E-state index contributed by atoms with van der Waals surface area (Å²) in [4.78, 5) is 28.0. The second-order valence-electron chi connectivity index (χ2n) is 7.01. The molecule has 0 saturated carbocycles. The maximum Gasteiger partial charge on any atom is 0.309 e. The minimum atomic E-state index is -3.82. The SMILES string of the molecule is CCCNC(=O)C(=O)NC[C@@H](c1cccnc1)S(=O)(=O)c1ccc(C(C)C)cc1. The zero-order valence-electron chi connectivity index (χ0n) is 16.9. The summed E-state index contributed by atoms with van der Waals surface area (Å²) in [6.45, 7) is 6.06. The maximum atomic E-state index is 13.3. The minimum Gasteiger partial charge on any atom is -0.348 e. The lowest BCUT2D eigenvalue weighted by Crippen LogP contribution is -2.42. The lowest BCUT2D eigenvalue weighted by atomic mass is 10.0. The second kappa shape index (κ2) is 10.2. The van der Waals surface area contributed by atoms with Gasteiger partial charge in [0.1, 0.15) is 5.25 Å². The molecule has 0 spiro atoms. The molecule has 0 fully saturated rings. The highest BCUT2D eigenvalue weighted by molar-refractivity contribution is 7.91. The van der Waals surface area contributed by atoms with Gasteiger partial charge in [0.05, 0.1) is 4.90 Å². The van der Waals surface area contributed by atoms with Gasteiger partial charge in [-0.15, -0.1) is 0 Å². The first-order chi connectivity index (χ1) is 13.8. The van der Waals surface area contributed by atoms with Crippen LogP contribution in [0, 0.1) is 0 Å². The fourth-order valence-corrected chi connectivity index (χ4v) is 4.41. The fourth-order valence-electron chi connectivity index (χ4n) is 2.76. The quantitative estimate of drug-likeness (QED) is 0.642. The van der Waals surface area contributed by atoms with Crippen molar-refractivity contribution in [1.29, 1.82) is 0 Å². The van der Waals surface area contributed by atoms with Crippen LogP contribution in [-0.2, 0) is 19.4 Å². The molecule has 0 saturated heterocycles. The van der Waals surface area contributed by atoms with Crippen LogP contribution in [0.5, 0.6) is 0 Å². The molecule has 2 amide bonds. The molecule has 1 aromatic carbocycles. The standard InChI is InChI=1S/C21H27N3O4S/c1-4-11-23-20(25)21(26)24-14-19(17-6-5-12-22-13-17)29(27,28)18-9-7-16(8-10-18)15(2)3/h5-10,12-13,15,19H,4,11,14H2,1-3H3,(H,23,25)(H,24,26)/t19-/m0/s1. The molecule has 0 unspecified atom stereocenters. The van der Waals surface area contributed by atoms with E-state index in [4.69, 9.17) is 0 Å². The molecule has 1 aromatic heterocycles. The van der Waals surface area contributed by atoms with E-state index in [0.29, 0.717) is 18.5 Å². The second-order valence-corrected chi connectivity index (χ2v) is 9.14. The van der Waals surface area contributed by atoms with Gasteiger partial charge in [-0.05, 0) is 41.7 Å². The number of nitrogens with one attached hydrogen (secondary N) is 2. The lowest BCUT2D eigenvalue weighted by molar-refractivity contribution is -0.139. The molecular formula is C21H27N3O4S. The third-order valence-electron chi connectivity index (χ3n) is 4.50. The molecule has 1 atom stereocenters. The first kappa shape index (κ1) is 22.5. The van der Waals surface area contributed by atoms with Crippen LogP contribution in [0.1, 0.15) is 49.5 Å². The molecular weight excluding hydrogens is 390 g/mol. The smallest absolute Gasteiger partial charge is 0.309 e. The van der Waals surface area contributed by atoms with Gasteiger partial charge in [-0.2, -0.15) is 0 Å². The summed E-state index contributed by atoms with van der Waals surface area (Å²) < 4.78 is 26.6. The Balaban J connectivity index is 2.28. The minimum absolute atomic E-state index is 0.153. The Morgan fingerprint density at radius 1 is 1.00 bits per heavy atom. The van der Waals surface area contributed by atoms with E-state index in [1.54, 1.807) is 42.6 Å². The Kier molecular flexibility index (Phi) is 7.90. The number of hydrogen-bond donors (Lipinski definition) is 2. The van der Waals surface area contributed by atoms with Crippen LogP contribution in [0.2, 0.25) is 0 Å². The lowest BCUT2D eigenvalue weighted by Gasteiger charge is -2.19. The van der Waals surface area contributed by atoms with Crippen molar-refractivity contribution in [2.24, 2.45) is 0 Å². The molecule has 0 aliphatic carbocycles. The van der Waals surface area contributed by atoms with Crippen LogP contribution in [0.3, 0.4) is 0 Å². The zero-order chi connectivity index (χ0) is 21.4. The van der Waals surface area contributed by atoms with Crippen molar-refractivity contribution in [2.75, 3.05) is 13.1 Å². The van der Waals surface area contributed by atoms with Crippen LogP contribution in [0.15, 0.2) is 53.7 Å². The Labute approximate surface area is 171 Å². The van der Waals surface area contributed by atoms with E-state index < -0.39 is 26.9 Å². The van der Waals surface area contributed by atoms with E-state index in [0.717, 1.165) is 5.56 Å². The average molecular weight is 418 g/mol. The van der Waals surface area contributed by atoms with Gasteiger partial charge in [-0.1, -0.05) is 39.0 Å². The molecule has 8 heteroatoms. The average Bonchev–Trinajstić information content (AvgIpc) is 2.72. The van der Waals surface area contributed by atoms with Crippen LogP contribution in [0.25, 0.3) is 0 Å². The predicted molar refractivity (Wildman–Crippen MR) is 111 cm³/mol. The van der Waals surface area contributed by atoms with Crippen molar-refractivity contribution in [3.63, 3.8) is 0 Å². The van der Waals surface area contributed by atoms with E-state index >= 15 is 0 Å². The Morgan fingerprint density at radius 3 is 2.21 bits per heavy atom. The number of aromatic nitrogens is 1. The molecule has 7 nitrogen and oxygen atoms in total. The van der Waals surface area contributed by atoms with E-state index in [9.17, 15) is 18.0 Å². The van der Waals surface area contributed by atoms with Crippen molar-refractivity contribution in [3.8, 4) is 0 Å². The van der Waals surface area contributed by atoms with Crippen molar-refractivity contribution >= 4 is 21.7 Å². The molecule has 29 heavy (non-hydrogen) atoms. The van der Waals surface area contributed by atoms with Gasteiger partial charge in [0.2, 0.25) is 0 Å². The number of amides is 2. The first-order valence-electron chi connectivity index (χ1n) is 9.57. The van der Waals surface area contributed by atoms with Gasteiger partial charge in [0, 0.05) is 25.5 Å². The topological polar surface area (TPSA) is 105 Å². The molecule has 1 heterocycles.